The third-order valence-corrected chi connectivity index (χ3v) is 3.04. The Labute approximate surface area is 65.0 Å². The number of rotatable bonds is 2. The Bertz CT molecular complexity index is 131. The topological polar surface area (TPSA) is 0 Å². The van der Waals surface area contributed by atoms with Gasteiger partial charge in [-0.3, -0.25) is 0 Å². The van der Waals surface area contributed by atoms with E-state index in [-0.39, 0.29) is 0 Å². The summed E-state index contributed by atoms with van der Waals surface area (Å²) in [5.74, 6) is 0.852. The van der Waals surface area contributed by atoms with E-state index in [0.29, 0.717) is 10.8 Å². The zero-order chi connectivity index (χ0) is 7.99. The first-order valence-electron chi connectivity index (χ1n) is 4.26. The first kappa shape index (κ1) is 8.10. The van der Waals surface area contributed by atoms with Crippen molar-refractivity contribution < 1.29 is 0 Å². The van der Waals surface area contributed by atoms with E-state index in [1.165, 1.54) is 6.42 Å². The minimum absolute atomic E-state index is 0.527. The molecule has 0 heterocycles. The van der Waals surface area contributed by atoms with Crippen LogP contribution in [0.1, 0.15) is 41.0 Å². The van der Waals surface area contributed by atoms with Crippen LogP contribution < -0.4 is 0 Å². The van der Waals surface area contributed by atoms with Gasteiger partial charge in [0.25, 0.3) is 0 Å². The zero-order valence-electron chi connectivity index (χ0n) is 7.86. The van der Waals surface area contributed by atoms with Crippen molar-refractivity contribution in [2.45, 2.75) is 41.0 Å². The van der Waals surface area contributed by atoms with Gasteiger partial charge in [0, 0.05) is 0 Å². The van der Waals surface area contributed by atoms with Crippen LogP contribution in [0, 0.1) is 23.2 Å². The Kier molecular flexibility index (Phi) is 1.61. The van der Waals surface area contributed by atoms with Crippen molar-refractivity contribution in [3.63, 3.8) is 0 Å². The molecule has 59 valence electrons. The molecule has 1 aliphatic carbocycles. The smallest absolute Gasteiger partial charge is 0.0272 e. The second-order valence-electron chi connectivity index (χ2n) is 4.81. The van der Waals surface area contributed by atoms with Crippen LogP contribution in [0.25, 0.3) is 0 Å². The molecule has 1 unspecified atom stereocenters. The summed E-state index contributed by atoms with van der Waals surface area (Å²) in [5, 5.41) is 0. The predicted octanol–water partition coefficient (Wildman–Crippen LogP) is 3.28. The maximum absolute atomic E-state index is 2.47. The molecule has 0 N–H and O–H groups in total. The Morgan fingerprint density at radius 3 is 1.90 bits per heavy atom. The predicted molar refractivity (Wildman–Crippen MR) is 45.6 cm³/mol. The van der Waals surface area contributed by atoms with Crippen molar-refractivity contribution in [3.8, 4) is 0 Å². The van der Waals surface area contributed by atoms with Gasteiger partial charge < -0.3 is 0 Å². The van der Waals surface area contributed by atoms with Crippen LogP contribution in [0.3, 0.4) is 0 Å². The van der Waals surface area contributed by atoms with E-state index in [1.54, 1.807) is 0 Å². The lowest BCUT2D eigenvalue weighted by molar-refractivity contribution is 0.260. The molecular formula is C10H19. The zero-order valence-corrected chi connectivity index (χ0v) is 7.86. The molecular weight excluding hydrogens is 120 g/mol. The summed E-state index contributed by atoms with van der Waals surface area (Å²) in [4.78, 5) is 0. The summed E-state index contributed by atoms with van der Waals surface area (Å²) in [7, 11) is 0. The molecule has 0 aromatic carbocycles. The van der Waals surface area contributed by atoms with Gasteiger partial charge in [-0.2, -0.15) is 0 Å². The molecule has 0 amide bonds. The highest BCUT2D eigenvalue weighted by atomic mass is 14.6. The average molecular weight is 139 g/mol. The number of hydrogen-bond donors (Lipinski definition) is 0. The van der Waals surface area contributed by atoms with E-state index in [4.69, 9.17) is 0 Å². The summed E-state index contributed by atoms with van der Waals surface area (Å²) < 4.78 is 0. The van der Waals surface area contributed by atoms with Gasteiger partial charge in [-0.15, -0.1) is 0 Å². The molecule has 0 bridgehead atoms. The van der Waals surface area contributed by atoms with Gasteiger partial charge in [-0.1, -0.05) is 41.0 Å². The lowest BCUT2D eigenvalue weighted by Gasteiger charge is -2.24. The minimum atomic E-state index is 0.527. The molecule has 1 fully saturated rings. The van der Waals surface area contributed by atoms with E-state index >= 15 is 0 Å². The standard InChI is InChI=1S/C10H19/c1-6-9(2,3)8-7-10(8,4)5/h7-8H,6H2,1-5H3. The first-order chi connectivity index (χ1) is 4.40. The van der Waals surface area contributed by atoms with Gasteiger partial charge in [0.15, 0.2) is 0 Å². The highest BCUT2D eigenvalue weighted by Crippen LogP contribution is 2.60. The molecule has 1 radical (unpaired) electrons. The largest absolute Gasteiger partial charge is 0.0649 e. The Morgan fingerprint density at radius 1 is 1.40 bits per heavy atom. The molecule has 1 rings (SSSR count). The lowest BCUT2D eigenvalue weighted by Crippen LogP contribution is -2.15. The van der Waals surface area contributed by atoms with Crippen LogP contribution in [0.5, 0.6) is 0 Å². The van der Waals surface area contributed by atoms with Crippen molar-refractivity contribution in [1.29, 1.82) is 0 Å². The van der Waals surface area contributed by atoms with E-state index in [1.807, 2.05) is 0 Å². The maximum atomic E-state index is 2.47. The van der Waals surface area contributed by atoms with Crippen LogP contribution >= 0.6 is 0 Å². The molecule has 10 heavy (non-hydrogen) atoms. The van der Waals surface area contributed by atoms with Gasteiger partial charge in [0.2, 0.25) is 0 Å². The monoisotopic (exact) mass is 139 g/mol. The van der Waals surface area contributed by atoms with Crippen molar-refractivity contribution >= 4 is 0 Å². The molecule has 0 spiro atoms. The van der Waals surface area contributed by atoms with Gasteiger partial charge >= 0.3 is 0 Å². The summed E-state index contributed by atoms with van der Waals surface area (Å²) in [6.45, 7) is 11.7. The van der Waals surface area contributed by atoms with Crippen molar-refractivity contribution in [1.82, 2.24) is 0 Å². The van der Waals surface area contributed by atoms with Crippen molar-refractivity contribution in [2.75, 3.05) is 0 Å². The quantitative estimate of drug-likeness (QED) is 0.550. The lowest BCUT2D eigenvalue weighted by atomic mass is 9.81. The van der Waals surface area contributed by atoms with E-state index in [2.05, 4.69) is 41.0 Å². The van der Waals surface area contributed by atoms with Gasteiger partial charge in [0.05, 0.1) is 0 Å². The molecule has 0 heteroatoms. The second-order valence-corrected chi connectivity index (χ2v) is 4.81. The van der Waals surface area contributed by atoms with Gasteiger partial charge in [-0.05, 0) is 23.2 Å². The molecule has 0 aromatic heterocycles. The summed E-state index contributed by atoms with van der Waals surface area (Å²) in [6, 6.07) is 0. The molecule has 1 atom stereocenters. The van der Waals surface area contributed by atoms with E-state index in [9.17, 15) is 0 Å². The van der Waals surface area contributed by atoms with Crippen LogP contribution in [0.15, 0.2) is 0 Å². The average Bonchev–Trinajstić information content (AvgIpc) is 2.41. The first-order valence-corrected chi connectivity index (χ1v) is 4.26. The van der Waals surface area contributed by atoms with Crippen LogP contribution in [0.2, 0.25) is 0 Å². The minimum Gasteiger partial charge on any atom is -0.0649 e. The van der Waals surface area contributed by atoms with E-state index in [0.717, 1.165) is 5.92 Å². The molecule has 0 aliphatic heterocycles. The van der Waals surface area contributed by atoms with Gasteiger partial charge in [-0.25, -0.2) is 0 Å². The Balaban J connectivity index is 2.54. The highest BCUT2D eigenvalue weighted by molar-refractivity contribution is 5.17. The van der Waals surface area contributed by atoms with E-state index < -0.39 is 0 Å². The normalized spacial score (nSPS) is 30.3. The third kappa shape index (κ3) is 1.21. The van der Waals surface area contributed by atoms with Crippen molar-refractivity contribution in [2.24, 2.45) is 16.7 Å². The SMILES string of the molecule is CCC(C)(C)C1[CH]C1(C)C. The van der Waals surface area contributed by atoms with Crippen LogP contribution in [-0.2, 0) is 0 Å². The Morgan fingerprint density at radius 2 is 1.80 bits per heavy atom. The molecule has 1 aliphatic rings. The summed E-state index contributed by atoms with van der Waals surface area (Å²) in [6.07, 6.45) is 3.76. The second kappa shape index (κ2) is 1.99. The molecule has 0 saturated heterocycles. The highest BCUT2D eigenvalue weighted by Gasteiger charge is 2.53. The van der Waals surface area contributed by atoms with Crippen molar-refractivity contribution in [3.05, 3.63) is 6.42 Å². The number of hydrogen-bond acceptors (Lipinski definition) is 0. The summed E-state index contributed by atoms with van der Waals surface area (Å²) >= 11 is 0. The van der Waals surface area contributed by atoms with Crippen LogP contribution in [0.4, 0.5) is 0 Å². The maximum Gasteiger partial charge on any atom is -0.0272 e. The molecule has 0 aromatic rings. The third-order valence-electron chi connectivity index (χ3n) is 3.04. The van der Waals surface area contributed by atoms with Crippen LogP contribution in [-0.4, -0.2) is 0 Å². The molecule has 1 saturated carbocycles. The molecule has 0 nitrogen and oxygen atoms in total. The fourth-order valence-corrected chi connectivity index (χ4v) is 1.83. The fourth-order valence-electron chi connectivity index (χ4n) is 1.83. The summed E-state index contributed by atoms with van der Waals surface area (Å²) in [5.41, 5.74) is 1.06. The van der Waals surface area contributed by atoms with Gasteiger partial charge in [0.1, 0.15) is 0 Å². The fraction of sp³-hybridized carbons (Fsp3) is 0.900. The Hall–Kier alpha value is 0.